The summed E-state index contributed by atoms with van der Waals surface area (Å²) in [5.74, 6) is -1.38. The first-order chi connectivity index (χ1) is 22.7. The van der Waals surface area contributed by atoms with Crippen molar-refractivity contribution < 1.29 is 40.5 Å². The Balaban J connectivity index is 1.59. The first-order valence-corrected chi connectivity index (χ1v) is 14.9. The molecule has 0 radical (unpaired) electrons. The standard InChI is InChI=1S/C32H22F7N5O3S/c33-24-8-6-20(7-9-24)18-48-30-42-41-28(43(30)25-10-12-26(13-11-25)44(46)47)27(14-19-4-2-1-3-5-19)40-29(45)21-15-22(31(34,35)36)17-23(16-21)32(37,38)39/h1-13,15-17,27H,14,18H2,(H,40,45). The van der Waals surface area contributed by atoms with Gasteiger partial charge in [-0.2, -0.15) is 26.3 Å². The van der Waals surface area contributed by atoms with Gasteiger partial charge < -0.3 is 5.32 Å². The number of nitro groups is 1. The summed E-state index contributed by atoms with van der Waals surface area (Å²) in [6, 6.07) is 18.8. The number of benzene rings is 4. The van der Waals surface area contributed by atoms with Crippen LogP contribution in [0.1, 0.15) is 44.5 Å². The molecule has 0 aliphatic heterocycles. The van der Waals surface area contributed by atoms with Crippen LogP contribution in [0.5, 0.6) is 0 Å². The first-order valence-electron chi connectivity index (χ1n) is 13.9. The number of nitrogens with one attached hydrogen (secondary N) is 1. The Bertz CT molecular complexity index is 1880. The van der Waals surface area contributed by atoms with Gasteiger partial charge in [-0.3, -0.25) is 19.5 Å². The fourth-order valence-electron chi connectivity index (χ4n) is 4.68. The van der Waals surface area contributed by atoms with E-state index in [4.69, 9.17) is 0 Å². The number of non-ortho nitro benzene ring substituents is 1. The molecule has 0 bridgehead atoms. The molecule has 248 valence electrons. The van der Waals surface area contributed by atoms with E-state index in [1.165, 1.54) is 41.0 Å². The van der Waals surface area contributed by atoms with Gasteiger partial charge in [-0.05, 0) is 60.0 Å². The summed E-state index contributed by atoms with van der Waals surface area (Å²) in [5, 5.41) is 22.6. The van der Waals surface area contributed by atoms with Crippen LogP contribution in [0.15, 0.2) is 102 Å². The number of amides is 1. The van der Waals surface area contributed by atoms with Crippen molar-refractivity contribution in [1.29, 1.82) is 0 Å². The molecule has 0 spiro atoms. The molecule has 1 atom stereocenters. The van der Waals surface area contributed by atoms with E-state index in [1.807, 2.05) is 0 Å². The third kappa shape index (κ3) is 8.17. The van der Waals surface area contributed by atoms with E-state index >= 15 is 0 Å². The molecule has 0 fully saturated rings. The summed E-state index contributed by atoms with van der Waals surface area (Å²) in [6.45, 7) is 0. The quantitative estimate of drug-likeness (QED) is 0.0685. The molecule has 5 aromatic rings. The van der Waals surface area contributed by atoms with Crippen LogP contribution in [0.4, 0.5) is 36.4 Å². The van der Waals surface area contributed by atoms with E-state index in [0.29, 0.717) is 28.9 Å². The normalized spacial score (nSPS) is 12.5. The van der Waals surface area contributed by atoms with Crippen molar-refractivity contribution >= 4 is 23.4 Å². The number of hydrogen-bond acceptors (Lipinski definition) is 6. The van der Waals surface area contributed by atoms with Gasteiger partial charge in [0.15, 0.2) is 11.0 Å². The number of carbonyl (C=O) groups excluding carboxylic acids is 1. The molecule has 1 unspecified atom stereocenters. The number of hydrogen-bond donors (Lipinski definition) is 1. The lowest BCUT2D eigenvalue weighted by Crippen LogP contribution is -2.32. The van der Waals surface area contributed by atoms with Crippen molar-refractivity contribution in [2.24, 2.45) is 0 Å². The maximum Gasteiger partial charge on any atom is 0.416 e. The Kier molecular flexibility index (Phi) is 9.84. The highest BCUT2D eigenvalue weighted by Gasteiger charge is 2.38. The Morgan fingerprint density at radius 2 is 1.44 bits per heavy atom. The van der Waals surface area contributed by atoms with E-state index in [9.17, 15) is 45.6 Å². The molecule has 16 heteroatoms. The molecular formula is C32H22F7N5O3S. The monoisotopic (exact) mass is 689 g/mol. The zero-order chi connectivity index (χ0) is 34.6. The molecule has 0 saturated heterocycles. The number of nitrogens with zero attached hydrogens (tertiary/aromatic N) is 4. The molecule has 1 aromatic heterocycles. The van der Waals surface area contributed by atoms with Crippen LogP contribution < -0.4 is 5.32 Å². The summed E-state index contributed by atoms with van der Waals surface area (Å²) in [4.78, 5) is 24.2. The SMILES string of the molecule is O=C(NC(Cc1ccccc1)c1nnc(SCc2ccc(F)cc2)n1-c1ccc([N+](=O)[O-])cc1)c1cc(C(F)(F)F)cc(C(F)(F)F)c1. The van der Waals surface area contributed by atoms with Crippen LogP contribution in [0.2, 0.25) is 0 Å². The van der Waals surface area contributed by atoms with E-state index in [2.05, 4.69) is 15.5 Å². The van der Waals surface area contributed by atoms with Gasteiger partial charge in [-0.25, -0.2) is 4.39 Å². The molecule has 1 heterocycles. The van der Waals surface area contributed by atoms with Crippen LogP contribution >= 0.6 is 11.8 Å². The molecule has 48 heavy (non-hydrogen) atoms. The number of carbonyl (C=O) groups is 1. The van der Waals surface area contributed by atoms with Gasteiger partial charge in [-0.1, -0.05) is 54.2 Å². The van der Waals surface area contributed by atoms with Gasteiger partial charge in [-0.15, -0.1) is 10.2 Å². The average Bonchev–Trinajstić information content (AvgIpc) is 3.47. The van der Waals surface area contributed by atoms with E-state index in [0.717, 1.165) is 11.8 Å². The van der Waals surface area contributed by atoms with E-state index in [-0.39, 0.29) is 34.9 Å². The zero-order valence-electron chi connectivity index (χ0n) is 24.3. The number of aromatic nitrogens is 3. The lowest BCUT2D eigenvalue weighted by atomic mass is 10.0. The molecule has 0 saturated carbocycles. The topological polar surface area (TPSA) is 103 Å². The maximum atomic E-state index is 13.6. The van der Waals surface area contributed by atoms with Gasteiger partial charge in [0.25, 0.3) is 11.6 Å². The third-order valence-electron chi connectivity index (χ3n) is 7.01. The second kappa shape index (κ2) is 13.9. The highest BCUT2D eigenvalue weighted by molar-refractivity contribution is 7.98. The van der Waals surface area contributed by atoms with E-state index < -0.39 is 51.7 Å². The van der Waals surface area contributed by atoms with Crippen molar-refractivity contribution in [3.8, 4) is 5.69 Å². The molecule has 1 N–H and O–H groups in total. The van der Waals surface area contributed by atoms with Crippen molar-refractivity contribution in [3.63, 3.8) is 0 Å². The predicted octanol–water partition coefficient (Wildman–Crippen LogP) is 8.36. The zero-order valence-corrected chi connectivity index (χ0v) is 25.1. The van der Waals surface area contributed by atoms with Gasteiger partial charge in [0.05, 0.1) is 22.1 Å². The molecule has 0 aliphatic carbocycles. The Hall–Kier alpha value is -5.25. The van der Waals surface area contributed by atoms with Crippen molar-refractivity contribution in [1.82, 2.24) is 20.1 Å². The second-order valence-corrected chi connectivity index (χ2v) is 11.3. The third-order valence-corrected chi connectivity index (χ3v) is 8.01. The minimum absolute atomic E-state index is 0.0224. The molecule has 4 aromatic carbocycles. The van der Waals surface area contributed by atoms with Crippen LogP contribution in [0.3, 0.4) is 0 Å². The Morgan fingerprint density at radius 1 is 0.833 bits per heavy atom. The van der Waals surface area contributed by atoms with Crippen LogP contribution in [-0.4, -0.2) is 25.6 Å². The molecule has 1 amide bonds. The molecular weight excluding hydrogens is 667 g/mol. The van der Waals surface area contributed by atoms with Crippen LogP contribution in [0.25, 0.3) is 5.69 Å². The smallest absolute Gasteiger partial charge is 0.342 e. The van der Waals surface area contributed by atoms with Crippen molar-refractivity contribution in [3.05, 3.63) is 147 Å². The number of thioether (sulfide) groups is 1. The van der Waals surface area contributed by atoms with Crippen LogP contribution in [0, 0.1) is 15.9 Å². The first kappa shape index (κ1) is 34.1. The lowest BCUT2D eigenvalue weighted by molar-refractivity contribution is -0.384. The van der Waals surface area contributed by atoms with Gasteiger partial charge in [0, 0.05) is 29.1 Å². The summed E-state index contributed by atoms with van der Waals surface area (Å²) in [5.41, 5.74) is -2.78. The van der Waals surface area contributed by atoms with E-state index in [1.54, 1.807) is 42.5 Å². The highest BCUT2D eigenvalue weighted by Crippen LogP contribution is 2.37. The minimum atomic E-state index is -5.17. The summed E-state index contributed by atoms with van der Waals surface area (Å²) < 4.78 is 96.3. The number of nitro benzene ring substituents is 1. The minimum Gasteiger partial charge on any atom is -0.342 e. The van der Waals surface area contributed by atoms with Gasteiger partial charge in [0.2, 0.25) is 0 Å². The summed E-state index contributed by atoms with van der Waals surface area (Å²) in [7, 11) is 0. The number of halogens is 7. The summed E-state index contributed by atoms with van der Waals surface area (Å²) >= 11 is 1.15. The Labute approximate surface area is 271 Å². The lowest BCUT2D eigenvalue weighted by Gasteiger charge is -2.21. The summed E-state index contributed by atoms with van der Waals surface area (Å²) in [6.07, 6.45) is -10.4. The second-order valence-electron chi connectivity index (χ2n) is 10.4. The highest BCUT2D eigenvalue weighted by atomic mass is 32.2. The van der Waals surface area contributed by atoms with Crippen molar-refractivity contribution in [2.75, 3.05) is 0 Å². The number of rotatable bonds is 10. The fraction of sp³-hybridized carbons (Fsp3) is 0.156. The number of alkyl halides is 6. The maximum absolute atomic E-state index is 13.6. The average molecular weight is 690 g/mol. The van der Waals surface area contributed by atoms with Crippen LogP contribution in [-0.2, 0) is 24.5 Å². The Morgan fingerprint density at radius 3 is 2.00 bits per heavy atom. The molecule has 5 rings (SSSR count). The van der Waals surface area contributed by atoms with Gasteiger partial charge >= 0.3 is 12.4 Å². The van der Waals surface area contributed by atoms with Gasteiger partial charge in [0.1, 0.15) is 5.82 Å². The molecule has 0 aliphatic rings. The largest absolute Gasteiger partial charge is 0.416 e. The fourth-order valence-corrected chi connectivity index (χ4v) is 5.59. The predicted molar refractivity (Wildman–Crippen MR) is 161 cm³/mol. The van der Waals surface area contributed by atoms with Crippen molar-refractivity contribution in [2.45, 2.75) is 35.7 Å². The molecule has 8 nitrogen and oxygen atoms in total.